The highest BCUT2D eigenvalue weighted by Gasteiger charge is 2.31. The Balaban J connectivity index is 1.70. The number of aromatic amines is 1. The van der Waals surface area contributed by atoms with Gasteiger partial charge in [-0.2, -0.15) is 0 Å². The van der Waals surface area contributed by atoms with Gasteiger partial charge in [-0.3, -0.25) is 4.79 Å². The van der Waals surface area contributed by atoms with E-state index in [4.69, 9.17) is 4.74 Å². The van der Waals surface area contributed by atoms with Gasteiger partial charge in [-0.05, 0) is 55.0 Å². The van der Waals surface area contributed by atoms with E-state index in [2.05, 4.69) is 24.0 Å². The fourth-order valence-corrected chi connectivity index (χ4v) is 3.64. The Hall–Kier alpha value is -2.20. The summed E-state index contributed by atoms with van der Waals surface area (Å²) in [6, 6.07) is 10.1. The zero-order chi connectivity index (χ0) is 16.7. The van der Waals surface area contributed by atoms with E-state index in [0.717, 1.165) is 41.8 Å². The molecule has 2 heterocycles. The number of halogens is 1. The quantitative estimate of drug-likeness (QED) is 0.893. The largest absolute Gasteiger partial charge is 0.371 e. The number of hydrogen-bond acceptors (Lipinski definition) is 2. The molecule has 0 radical (unpaired) electrons. The van der Waals surface area contributed by atoms with Gasteiger partial charge in [0.05, 0.1) is 5.60 Å². The molecule has 4 rings (SSSR count). The predicted octanol–water partition coefficient (Wildman–Crippen LogP) is 4.32. The van der Waals surface area contributed by atoms with Gasteiger partial charge < -0.3 is 9.72 Å². The van der Waals surface area contributed by atoms with Crippen LogP contribution in [0, 0.1) is 0 Å². The molecule has 0 saturated carbocycles. The average Bonchev–Trinajstić information content (AvgIpc) is 3.03. The van der Waals surface area contributed by atoms with E-state index >= 15 is 0 Å². The summed E-state index contributed by atoms with van der Waals surface area (Å²) in [5.74, 6) is -0.227. The third kappa shape index (κ3) is 2.61. The van der Waals surface area contributed by atoms with Crippen LogP contribution >= 0.6 is 0 Å². The van der Waals surface area contributed by atoms with Crippen LogP contribution in [0.1, 0.15) is 42.9 Å². The lowest BCUT2D eigenvalue weighted by atomic mass is 9.91. The number of aromatic nitrogens is 1. The van der Waals surface area contributed by atoms with E-state index in [1.807, 2.05) is 18.2 Å². The maximum absolute atomic E-state index is 13.4. The van der Waals surface area contributed by atoms with Crippen LogP contribution in [0.3, 0.4) is 0 Å². The van der Waals surface area contributed by atoms with Crippen LogP contribution in [0.25, 0.3) is 17.3 Å². The zero-order valence-electron chi connectivity index (χ0n) is 13.7. The summed E-state index contributed by atoms with van der Waals surface area (Å²) in [6.45, 7) is 2.93. The van der Waals surface area contributed by atoms with Crippen LogP contribution in [0.2, 0.25) is 0 Å². The maximum Gasteiger partial charge on any atom is 0.256 e. The van der Waals surface area contributed by atoms with E-state index in [1.54, 1.807) is 0 Å². The molecule has 1 atom stereocenters. The minimum Gasteiger partial charge on any atom is -0.371 e. The molecule has 0 amide bonds. The van der Waals surface area contributed by atoms with Gasteiger partial charge in [0.25, 0.3) is 5.56 Å². The number of hydrogen-bond donors (Lipinski definition) is 1. The molecule has 1 unspecified atom stereocenters. The molecule has 1 saturated heterocycles. The molecule has 1 aliphatic heterocycles. The SMILES string of the molecule is CC1(c2ccc(-c3cc4c(c(=O)[nH]3)C=C(F)CC4)cc2)CCCO1. The molecule has 24 heavy (non-hydrogen) atoms. The van der Waals surface area contributed by atoms with Crippen molar-refractivity contribution in [3.05, 3.63) is 63.2 Å². The first-order valence-electron chi connectivity index (χ1n) is 8.42. The van der Waals surface area contributed by atoms with Crippen LogP contribution in [0.4, 0.5) is 4.39 Å². The topological polar surface area (TPSA) is 42.1 Å². The monoisotopic (exact) mass is 325 g/mol. The predicted molar refractivity (Wildman–Crippen MR) is 92.4 cm³/mol. The number of aryl methyl sites for hydroxylation is 1. The Labute approximate surface area is 140 Å². The summed E-state index contributed by atoms with van der Waals surface area (Å²) in [5.41, 5.74) is 3.82. The molecule has 1 fully saturated rings. The van der Waals surface area contributed by atoms with E-state index < -0.39 is 0 Å². The lowest BCUT2D eigenvalue weighted by Crippen LogP contribution is -2.19. The Kier molecular flexibility index (Phi) is 3.65. The summed E-state index contributed by atoms with van der Waals surface area (Å²) in [4.78, 5) is 15.1. The van der Waals surface area contributed by atoms with Crippen molar-refractivity contribution in [1.29, 1.82) is 0 Å². The molecule has 3 nitrogen and oxygen atoms in total. The van der Waals surface area contributed by atoms with Gasteiger partial charge in [0, 0.05) is 24.3 Å². The normalized spacial score (nSPS) is 23.0. The Morgan fingerprint density at radius 1 is 1.21 bits per heavy atom. The number of ether oxygens (including phenoxy) is 1. The fourth-order valence-electron chi connectivity index (χ4n) is 3.64. The number of pyridine rings is 1. The second kappa shape index (κ2) is 5.71. The maximum atomic E-state index is 13.4. The third-order valence-corrected chi connectivity index (χ3v) is 5.12. The Morgan fingerprint density at radius 3 is 2.71 bits per heavy atom. The second-order valence-corrected chi connectivity index (χ2v) is 6.80. The number of rotatable bonds is 2. The standard InChI is InChI=1S/C20H20FNO2/c1-20(9-2-10-24-20)15-6-3-13(4-7-15)18-11-14-5-8-16(21)12-17(14)19(23)22-18/h3-4,6-7,11-12H,2,5,8-10H2,1H3,(H,22,23). The van der Waals surface area contributed by atoms with Crippen LogP contribution in [0.5, 0.6) is 0 Å². The second-order valence-electron chi connectivity index (χ2n) is 6.80. The van der Waals surface area contributed by atoms with Crippen LogP contribution in [-0.2, 0) is 16.8 Å². The van der Waals surface area contributed by atoms with Gasteiger partial charge in [0.15, 0.2) is 0 Å². The van der Waals surface area contributed by atoms with Crippen LogP contribution in [-0.4, -0.2) is 11.6 Å². The number of nitrogens with one attached hydrogen (secondary N) is 1. The number of allylic oxidation sites excluding steroid dienone is 1. The van der Waals surface area contributed by atoms with Crippen molar-refractivity contribution in [1.82, 2.24) is 4.98 Å². The van der Waals surface area contributed by atoms with E-state index in [-0.39, 0.29) is 17.0 Å². The van der Waals surface area contributed by atoms with Gasteiger partial charge >= 0.3 is 0 Å². The molecule has 1 aromatic carbocycles. The third-order valence-electron chi connectivity index (χ3n) is 5.12. The Morgan fingerprint density at radius 2 is 2.00 bits per heavy atom. The molecular weight excluding hydrogens is 305 g/mol. The average molecular weight is 325 g/mol. The first kappa shape index (κ1) is 15.3. The molecule has 1 aliphatic carbocycles. The summed E-state index contributed by atoms with van der Waals surface area (Å²) in [6.07, 6.45) is 4.40. The smallest absolute Gasteiger partial charge is 0.256 e. The summed E-state index contributed by atoms with van der Waals surface area (Å²) < 4.78 is 19.3. The molecule has 1 aromatic heterocycles. The fraction of sp³-hybridized carbons (Fsp3) is 0.350. The summed E-state index contributed by atoms with van der Waals surface area (Å²) in [5, 5.41) is 0. The van der Waals surface area contributed by atoms with Gasteiger partial charge in [0.1, 0.15) is 5.83 Å². The number of fused-ring (bicyclic) bond motifs is 1. The molecule has 2 aromatic rings. The number of benzene rings is 1. The first-order valence-corrected chi connectivity index (χ1v) is 8.42. The van der Waals surface area contributed by atoms with E-state index in [1.165, 1.54) is 6.08 Å². The van der Waals surface area contributed by atoms with Gasteiger partial charge in [-0.1, -0.05) is 24.3 Å². The van der Waals surface area contributed by atoms with Crippen molar-refractivity contribution in [3.63, 3.8) is 0 Å². The van der Waals surface area contributed by atoms with Gasteiger partial charge in [0.2, 0.25) is 0 Å². The molecular formula is C20H20FNO2. The lowest BCUT2D eigenvalue weighted by Gasteiger charge is -2.24. The number of H-pyrrole nitrogens is 1. The summed E-state index contributed by atoms with van der Waals surface area (Å²) >= 11 is 0. The van der Waals surface area contributed by atoms with Crippen molar-refractivity contribution < 1.29 is 9.13 Å². The van der Waals surface area contributed by atoms with Crippen molar-refractivity contribution >= 4 is 6.08 Å². The minimum atomic E-state index is -0.229. The molecule has 0 bridgehead atoms. The van der Waals surface area contributed by atoms with Gasteiger partial charge in [-0.25, -0.2) is 4.39 Å². The minimum absolute atomic E-state index is 0.204. The van der Waals surface area contributed by atoms with Crippen molar-refractivity contribution in [2.75, 3.05) is 6.61 Å². The van der Waals surface area contributed by atoms with Crippen LogP contribution < -0.4 is 5.56 Å². The van der Waals surface area contributed by atoms with Gasteiger partial charge in [-0.15, -0.1) is 0 Å². The molecule has 124 valence electrons. The highest BCUT2D eigenvalue weighted by atomic mass is 19.1. The van der Waals surface area contributed by atoms with Crippen LogP contribution in [0.15, 0.2) is 41.0 Å². The van der Waals surface area contributed by atoms with Crippen molar-refractivity contribution in [2.45, 2.75) is 38.2 Å². The highest BCUT2D eigenvalue weighted by Crippen LogP contribution is 2.36. The lowest BCUT2D eigenvalue weighted by molar-refractivity contribution is 0.0168. The van der Waals surface area contributed by atoms with E-state index in [0.29, 0.717) is 18.4 Å². The Bertz CT molecular complexity index is 858. The van der Waals surface area contributed by atoms with Crippen molar-refractivity contribution in [3.8, 4) is 11.3 Å². The zero-order valence-corrected chi connectivity index (χ0v) is 13.7. The molecule has 0 spiro atoms. The molecule has 2 aliphatic rings. The first-order chi connectivity index (χ1) is 11.5. The molecule has 4 heteroatoms. The van der Waals surface area contributed by atoms with Crippen molar-refractivity contribution in [2.24, 2.45) is 0 Å². The van der Waals surface area contributed by atoms with E-state index in [9.17, 15) is 9.18 Å². The summed E-state index contributed by atoms with van der Waals surface area (Å²) in [7, 11) is 0. The highest BCUT2D eigenvalue weighted by molar-refractivity contribution is 5.65. The molecule has 1 N–H and O–H groups in total.